The summed E-state index contributed by atoms with van der Waals surface area (Å²) < 4.78 is 33.0. The van der Waals surface area contributed by atoms with Crippen molar-refractivity contribution in [3.63, 3.8) is 0 Å². The molecule has 0 saturated carbocycles. The standard InChI is InChI=1S/C23H22ClN3O4S/c1-16(14-17-10-12-19(31-2)13-11-17)25-26-23(28)18-6-5-7-20(15-18)32(29,30)27-22-9-4-3-8-21(22)24/h3-13,15,27H,14H2,1-2H3,(H,26,28)/b25-16+. The van der Waals surface area contributed by atoms with Crippen LogP contribution in [0.3, 0.4) is 0 Å². The lowest BCUT2D eigenvalue weighted by molar-refractivity contribution is 0.0954. The minimum Gasteiger partial charge on any atom is -0.497 e. The highest BCUT2D eigenvalue weighted by Gasteiger charge is 2.17. The largest absolute Gasteiger partial charge is 0.497 e. The van der Waals surface area contributed by atoms with Gasteiger partial charge in [0.2, 0.25) is 0 Å². The Morgan fingerprint density at radius 3 is 2.44 bits per heavy atom. The van der Waals surface area contributed by atoms with Gasteiger partial charge < -0.3 is 4.74 Å². The van der Waals surface area contributed by atoms with Crippen molar-refractivity contribution in [3.8, 4) is 5.75 Å². The van der Waals surface area contributed by atoms with Crippen LogP contribution in [0.1, 0.15) is 22.8 Å². The SMILES string of the molecule is COc1ccc(C/C(C)=N/NC(=O)c2cccc(S(=O)(=O)Nc3ccccc3Cl)c2)cc1. The number of halogens is 1. The number of rotatable bonds is 8. The summed E-state index contributed by atoms with van der Waals surface area (Å²) in [6.45, 7) is 1.79. The third-order valence-electron chi connectivity index (χ3n) is 4.49. The lowest BCUT2D eigenvalue weighted by Crippen LogP contribution is -2.20. The maximum absolute atomic E-state index is 12.7. The van der Waals surface area contributed by atoms with Crippen LogP contribution in [0.2, 0.25) is 5.02 Å². The highest BCUT2D eigenvalue weighted by atomic mass is 35.5. The second kappa shape index (κ2) is 10.3. The van der Waals surface area contributed by atoms with Gasteiger partial charge in [-0.2, -0.15) is 5.10 Å². The number of nitrogens with zero attached hydrogens (tertiary/aromatic N) is 1. The second-order valence-electron chi connectivity index (χ2n) is 6.93. The van der Waals surface area contributed by atoms with Gasteiger partial charge in [0.25, 0.3) is 15.9 Å². The van der Waals surface area contributed by atoms with Gasteiger partial charge >= 0.3 is 0 Å². The first-order chi connectivity index (χ1) is 15.3. The minimum absolute atomic E-state index is 0.0657. The zero-order valence-corrected chi connectivity index (χ0v) is 19.1. The molecule has 32 heavy (non-hydrogen) atoms. The molecule has 3 rings (SSSR count). The van der Waals surface area contributed by atoms with Gasteiger partial charge in [-0.3, -0.25) is 9.52 Å². The average molecular weight is 472 g/mol. The highest BCUT2D eigenvalue weighted by molar-refractivity contribution is 7.92. The van der Waals surface area contributed by atoms with Gasteiger partial charge in [-0.25, -0.2) is 13.8 Å². The number of anilines is 1. The van der Waals surface area contributed by atoms with Crippen LogP contribution < -0.4 is 14.9 Å². The molecule has 0 heterocycles. The Bertz CT molecular complexity index is 1240. The van der Waals surface area contributed by atoms with Crippen LogP contribution in [-0.4, -0.2) is 27.1 Å². The van der Waals surface area contributed by atoms with E-state index in [9.17, 15) is 13.2 Å². The first-order valence-corrected chi connectivity index (χ1v) is 11.5. The predicted octanol–water partition coefficient (Wildman–Crippen LogP) is 4.50. The van der Waals surface area contributed by atoms with Crippen LogP contribution >= 0.6 is 11.6 Å². The van der Waals surface area contributed by atoms with Crippen molar-refractivity contribution in [1.29, 1.82) is 0 Å². The minimum atomic E-state index is -3.93. The van der Waals surface area contributed by atoms with Crippen LogP contribution in [0.4, 0.5) is 5.69 Å². The maximum Gasteiger partial charge on any atom is 0.271 e. The van der Waals surface area contributed by atoms with Gasteiger partial charge in [0.15, 0.2) is 0 Å². The Labute approximate surface area is 192 Å². The molecule has 0 radical (unpaired) electrons. The Kier molecular flexibility index (Phi) is 7.50. The van der Waals surface area contributed by atoms with Crippen molar-refractivity contribution in [1.82, 2.24) is 5.43 Å². The molecule has 0 aromatic heterocycles. The van der Waals surface area contributed by atoms with E-state index in [4.69, 9.17) is 16.3 Å². The molecule has 166 valence electrons. The van der Waals surface area contributed by atoms with Crippen molar-refractivity contribution >= 4 is 38.9 Å². The van der Waals surface area contributed by atoms with E-state index in [0.29, 0.717) is 12.1 Å². The fourth-order valence-electron chi connectivity index (χ4n) is 2.84. The molecule has 0 unspecified atom stereocenters. The molecule has 2 N–H and O–H groups in total. The van der Waals surface area contributed by atoms with Crippen molar-refractivity contribution in [2.24, 2.45) is 5.10 Å². The Morgan fingerprint density at radius 1 is 1.03 bits per heavy atom. The summed E-state index contributed by atoms with van der Waals surface area (Å²) in [4.78, 5) is 12.4. The van der Waals surface area contributed by atoms with Crippen LogP contribution in [0.25, 0.3) is 0 Å². The maximum atomic E-state index is 12.7. The summed E-state index contributed by atoms with van der Waals surface area (Å²) in [5, 5.41) is 4.38. The van der Waals surface area contributed by atoms with Gasteiger partial charge in [0, 0.05) is 17.7 Å². The summed E-state index contributed by atoms with van der Waals surface area (Å²) >= 11 is 6.03. The molecule has 1 amide bonds. The van der Waals surface area contributed by atoms with E-state index < -0.39 is 15.9 Å². The van der Waals surface area contributed by atoms with Gasteiger partial charge in [0.05, 0.1) is 22.7 Å². The Morgan fingerprint density at radius 2 is 1.75 bits per heavy atom. The third-order valence-corrected chi connectivity index (χ3v) is 6.18. The molecule has 0 bridgehead atoms. The average Bonchev–Trinajstić information content (AvgIpc) is 2.79. The van der Waals surface area contributed by atoms with E-state index in [2.05, 4.69) is 15.2 Å². The number of para-hydroxylation sites is 1. The molecule has 0 aliphatic heterocycles. The molecule has 0 atom stereocenters. The summed E-state index contributed by atoms with van der Waals surface area (Å²) in [7, 11) is -2.33. The van der Waals surface area contributed by atoms with Crippen molar-refractivity contribution < 1.29 is 17.9 Å². The highest BCUT2D eigenvalue weighted by Crippen LogP contribution is 2.24. The summed E-state index contributed by atoms with van der Waals surface area (Å²) in [6.07, 6.45) is 0.542. The fourth-order valence-corrected chi connectivity index (χ4v) is 4.21. The van der Waals surface area contributed by atoms with Gasteiger partial charge in [-0.1, -0.05) is 41.9 Å². The van der Waals surface area contributed by atoms with E-state index in [1.165, 1.54) is 24.3 Å². The number of sulfonamides is 1. The first-order valence-electron chi connectivity index (χ1n) is 9.62. The lowest BCUT2D eigenvalue weighted by Gasteiger charge is -2.10. The van der Waals surface area contributed by atoms with Crippen molar-refractivity contribution in [2.75, 3.05) is 11.8 Å². The number of carbonyl (C=O) groups excluding carboxylic acids is 1. The number of methoxy groups -OCH3 is 1. The number of benzene rings is 3. The van der Waals surface area contributed by atoms with E-state index in [-0.39, 0.29) is 21.2 Å². The number of nitrogens with one attached hydrogen (secondary N) is 2. The van der Waals surface area contributed by atoms with E-state index >= 15 is 0 Å². The second-order valence-corrected chi connectivity index (χ2v) is 9.02. The van der Waals surface area contributed by atoms with E-state index in [1.54, 1.807) is 38.3 Å². The third kappa shape index (κ3) is 6.09. The van der Waals surface area contributed by atoms with Gasteiger partial charge in [0.1, 0.15) is 5.75 Å². The van der Waals surface area contributed by atoms with Crippen LogP contribution in [0, 0.1) is 0 Å². The molecule has 7 nitrogen and oxygen atoms in total. The summed E-state index contributed by atoms with van der Waals surface area (Å²) in [5.41, 5.74) is 4.58. The molecule has 0 aliphatic carbocycles. The molecule has 0 spiro atoms. The van der Waals surface area contributed by atoms with Crippen molar-refractivity contribution in [3.05, 3.63) is 88.9 Å². The smallest absolute Gasteiger partial charge is 0.271 e. The van der Waals surface area contributed by atoms with E-state index in [1.807, 2.05) is 24.3 Å². The Balaban J connectivity index is 1.69. The molecular formula is C23H22ClN3O4S. The monoisotopic (exact) mass is 471 g/mol. The number of carbonyl (C=O) groups is 1. The molecule has 0 fully saturated rings. The molecule has 3 aromatic rings. The van der Waals surface area contributed by atoms with Gasteiger partial charge in [-0.05, 0) is 55.0 Å². The summed E-state index contributed by atoms with van der Waals surface area (Å²) in [6, 6.07) is 19.7. The fraction of sp³-hybridized carbons (Fsp3) is 0.130. The molecular weight excluding hydrogens is 450 g/mol. The number of hydrogen-bond acceptors (Lipinski definition) is 5. The zero-order valence-electron chi connectivity index (χ0n) is 17.5. The Hall–Kier alpha value is -3.36. The molecule has 0 aliphatic rings. The first kappa shape index (κ1) is 23.3. The number of hydrogen-bond donors (Lipinski definition) is 2. The van der Waals surface area contributed by atoms with Gasteiger partial charge in [-0.15, -0.1) is 0 Å². The molecule has 3 aromatic carbocycles. The number of hydrazone groups is 1. The normalized spacial score (nSPS) is 11.7. The molecule has 0 saturated heterocycles. The topological polar surface area (TPSA) is 96.9 Å². The lowest BCUT2D eigenvalue weighted by atomic mass is 10.1. The van der Waals surface area contributed by atoms with Crippen molar-refractivity contribution in [2.45, 2.75) is 18.2 Å². The summed E-state index contributed by atoms with van der Waals surface area (Å²) in [5.74, 6) is 0.240. The van der Waals surface area contributed by atoms with Crippen LogP contribution in [0.5, 0.6) is 5.75 Å². The van der Waals surface area contributed by atoms with E-state index in [0.717, 1.165) is 11.3 Å². The predicted molar refractivity (Wildman–Crippen MR) is 126 cm³/mol. The number of ether oxygens (including phenoxy) is 1. The molecule has 9 heteroatoms. The quantitative estimate of drug-likeness (QED) is 0.373. The van der Waals surface area contributed by atoms with Crippen LogP contribution in [0.15, 0.2) is 82.8 Å². The number of amides is 1. The zero-order chi connectivity index (χ0) is 23.1. The van der Waals surface area contributed by atoms with Crippen LogP contribution in [-0.2, 0) is 16.4 Å².